The Hall–Kier alpha value is -3.10. The van der Waals surface area contributed by atoms with Crippen molar-refractivity contribution in [1.29, 1.82) is 0 Å². The smallest absolute Gasteiger partial charge is 0.251 e. The van der Waals surface area contributed by atoms with Crippen molar-refractivity contribution >= 4 is 11.9 Å². The zero-order valence-corrected chi connectivity index (χ0v) is 15.9. The molecule has 2 rings (SSSR count). The van der Waals surface area contributed by atoms with Crippen molar-refractivity contribution in [3.05, 3.63) is 71.3 Å². The fraction of sp³-hybridized carbons (Fsp3) is 0.273. The van der Waals surface area contributed by atoms with Crippen molar-refractivity contribution < 1.29 is 19.2 Å². The van der Waals surface area contributed by atoms with Crippen molar-refractivity contribution in [2.45, 2.75) is 12.5 Å². The predicted molar refractivity (Wildman–Crippen MR) is 103 cm³/mol. The fourth-order valence-electron chi connectivity index (χ4n) is 2.66. The summed E-state index contributed by atoms with van der Waals surface area (Å²) in [5.41, 5.74) is 2.18. The largest absolute Gasteiger partial charge is 0.550 e. The number of nitrogens with one attached hydrogen (secondary N) is 1. The topological polar surface area (TPSA) is 69.2 Å². The summed E-state index contributed by atoms with van der Waals surface area (Å²) in [6, 6.07) is 16.1. The zero-order valence-electron chi connectivity index (χ0n) is 15.9. The second-order valence-electron chi connectivity index (χ2n) is 7.41. The van der Waals surface area contributed by atoms with Gasteiger partial charge in [-0.1, -0.05) is 30.0 Å². The Morgan fingerprint density at radius 2 is 1.52 bits per heavy atom. The molecular weight excluding hydrogens is 340 g/mol. The number of rotatable bonds is 6. The molecule has 0 aliphatic carbocycles. The van der Waals surface area contributed by atoms with Crippen LogP contribution >= 0.6 is 0 Å². The van der Waals surface area contributed by atoms with Gasteiger partial charge in [0.25, 0.3) is 5.91 Å². The number of amides is 1. The van der Waals surface area contributed by atoms with E-state index in [1.165, 1.54) is 0 Å². The van der Waals surface area contributed by atoms with Crippen molar-refractivity contribution in [2.24, 2.45) is 0 Å². The summed E-state index contributed by atoms with van der Waals surface area (Å²) >= 11 is 0. The van der Waals surface area contributed by atoms with E-state index in [-0.39, 0.29) is 12.3 Å². The molecule has 27 heavy (non-hydrogen) atoms. The highest BCUT2D eigenvalue weighted by atomic mass is 16.4. The molecule has 2 aromatic rings. The second kappa shape index (κ2) is 9.02. The van der Waals surface area contributed by atoms with Gasteiger partial charge in [-0.15, -0.1) is 0 Å². The first-order chi connectivity index (χ1) is 12.7. The summed E-state index contributed by atoms with van der Waals surface area (Å²) in [5, 5.41) is 13.7. The van der Waals surface area contributed by atoms with Crippen LogP contribution in [0.1, 0.15) is 27.9 Å². The van der Waals surface area contributed by atoms with Gasteiger partial charge in [0.15, 0.2) is 0 Å². The van der Waals surface area contributed by atoms with Crippen molar-refractivity contribution in [3.63, 3.8) is 0 Å². The molecule has 0 spiro atoms. The third-order valence-electron chi connectivity index (χ3n) is 3.79. The molecule has 0 aliphatic heterocycles. The minimum Gasteiger partial charge on any atom is -0.550 e. The van der Waals surface area contributed by atoms with E-state index >= 15 is 0 Å². The molecule has 2 aromatic carbocycles. The highest BCUT2D eigenvalue weighted by Crippen LogP contribution is 2.06. The molecule has 0 aromatic heterocycles. The molecular formula is C22H24N2O3. The number of aliphatic carboxylic acids is 1. The quantitative estimate of drug-likeness (QED) is 0.615. The minimum absolute atomic E-state index is 0.220. The number of likely N-dealkylation sites (N-methyl/N-ethyl adjacent to an activating group) is 1. The van der Waals surface area contributed by atoms with Gasteiger partial charge < -0.3 is 19.7 Å². The maximum absolute atomic E-state index is 12.4. The van der Waals surface area contributed by atoms with Crippen molar-refractivity contribution in [2.75, 3.05) is 27.7 Å². The van der Waals surface area contributed by atoms with Crippen LogP contribution in [0.4, 0.5) is 0 Å². The first kappa shape index (κ1) is 20.2. The summed E-state index contributed by atoms with van der Waals surface area (Å²) in [6.45, 7) is 0.486. The monoisotopic (exact) mass is 364 g/mol. The maximum atomic E-state index is 12.4. The molecule has 0 radical (unpaired) electrons. The molecule has 0 bridgehead atoms. The Bertz CT molecular complexity index is 841. The lowest BCUT2D eigenvalue weighted by Crippen LogP contribution is -2.50. The molecule has 0 saturated carbocycles. The van der Waals surface area contributed by atoms with Crippen LogP contribution in [0.3, 0.4) is 0 Å². The molecule has 140 valence electrons. The van der Waals surface area contributed by atoms with Crippen LogP contribution < -0.4 is 10.4 Å². The van der Waals surface area contributed by atoms with E-state index in [0.717, 1.165) is 11.1 Å². The lowest BCUT2D eigenvalue weighted by molar-refractivity contribution is -0.871. The summed E-state index contributed by atoms with van der Waals surface area (Å²) in [4.78, 5) is 23.4. The van der Waals surface area contributed by atoms with Gasteiger partial charge in [0, 0.05) is 29.1 Å². The minimum atomic E-state index is -1.18. The molecule has 1 N–H and O–H groups in total. The molecule has 1 amide bonds. The number of benzene rings is 2. The molecule has 0 unspecified atom stereocenters. The van der Waals surface area contributed by atoms with Gasteiger partial charge >= 0.3 is 0 Å². The van der Waals surface area contributed by atoms with Gasteiger partial charge in [-0.25, -0.2) is 0 Å². The number of carboxylic acids is 1. The Morgan fingerprint density at radius 1 is 0.963 bits per heavy atom. The third-order valence-corrected chi connectivity index (χ3v) is 3.79. The molecule has 5 heteroatoms. The molecule has 0 aliphatic rings. The Kier molecular flexibility index (Phi) is 6.75. The molecule has 0 fully saturated rings. The van der Waals surface area contributed by atoms with Gasteiger partial charge in [0.2, 0.25) is 0 Å². The van der Waals surface area contributed by atoms with Crippen LogP contribution in [-0.2, 0) is 4.79 Å². The van der Waals surface area contributed by atoms with E-state index in [1.807, 2.05) is 51.5 Å². The number of quaternary nitrogens is 1. The first-order valence-corrected chi connectivity index (χ1v) is 8.71. The van der Waals surface area contributed by atoms with Crippen LogP contribution in [0.5, 0.6) is 0 Å². The van der Waals surface area contributed by atoms with Crippen LogP contribution in [-0.4, -0.2) is 50.1 Å². The van der Waals surface area contributed by atoms with E-state index in [4.69, 9.17) is 0 Å². The van der Waals surface area contributed by atoms with Crippen molar-refractivity contribution in [3.8, 4) is 11.8 Å². The summed E-state index contributed by atoms with van der Waals surface area (Å²) in [5.74, 6) is 4.63. The summed E-state index contributed by atoms with van der Waals surface area (Å²) in [6.07, 6.45) is -0.220. The fourth-order valence-corrected chi connectivity index (χ4v) is 2.66. The van der Waals surface area contributed by atoms with E-state index in [9.17, 15) is 14.7 Å². The summed E-state index contributed by atoms with van der Waals surface area (Å²) < 4.78 is 0.534. The van der Waals surface area contributed by atoms with Gasteiger partial charge in [0.1, 0.15) is 0 Å². The standard InChI is InChI=1S/C22H24N2O3/c1-24(2,3)16-20(15-21(25)26)23-22(27)19-13-11-18(12-14-19)10-9-17-7-5-4-6-8-17/h4-8,11-14,20H,15-16H2,1-3H3,(H-,23,25,26,27)/t20-/m1/s1. The van der Waals surface area contributed by atoms with Crippen LogP contribution in [0, 0.1) is 11.8 Å². The van der Waals surface area contributed by atoms with E-state index < -0.39 is 12.0 Å². The highest BCUT2D eigenvalue weighted by Gasteiger charge is 2.21. The van der Waals surface area contributed by atoms with Gasteiger partial charge in [-0.3, -0.25) is 4.79 Å². The molecule has 1 atom stereocenters. The number of hydrogen-bond acceptors (Lipinski definition) is 3. The zero-order chi connectivity index (χ0) is 19.9. The number of nitrogens with zero attached hydrogens (tertiary/aromatic N) is 1. The average molecular weight is 364 g/mol. The number of carboxylic acid groups (broad SMARTS) is 1. The van der Waals surface area contributed by atoms with E-state index in [0.29, 0.717) is 16.6 Å². The number of carbonyl (C=O) groups is 2. The van der Waals surface area contributed by atoms with Gasteiger partial charge in [-0.05, 0) is 36.4 Å². The molecule has 0 saturated heterocycles. The van der Waals surface area contributed by atoms with E-state index in [2.05, 4.69) is 17.2 Å². The molecule has 0 heterocycles. The Labute approximate surface area is 160 Å². The lowest BCUT2D eigenvalue weighted by Gasteiger charge is -2.30. The normalized spacial score (nSPS) is 11.8. The number of hydrogen-bond donors (Lipinski definition) is 1. The van der Waals surface area contributed by atoms with Crippen LogP contribution in [0.25, 0.3) is 0 Å². The van der Waals surface area contributed by atoms with Crippen LogP contribution in [0.15, 0.2) is 54.6 Å². The predicted octanol–water partition coefficient (Wildman–Crippen LogP) is 1.03. The van der Waals surface area contributed by atoms with Crippen LogP contribution in [0.2, 0.25) is 0 Å². The maximum Gasteiger partial charge on any atom is 0.251 e. The van der Waals surface area contributed by atoms with Gasteiger partial charge in [-0.2, -0.15) is 0 Å². The van der Waals surface area contributed by atoms with Crippen molar-refractivity contribution in [1.82, 2.24) is 5.32 Å². The lowest BCUT2D eigenvalue weighted by atomic mass is 10.1. The first-order valence-electron chi connectivity index (χ1n) is 8.71. The highest BCUT2D eigenvalue weighted by molar-refractivity contribution is 5.94. The van der Waals surface area contributed by atoms with E-state index in [1.54, 1.807) is 24.3 Å². The van der Waals surface area contributed by atoms with Gasteiger partial charge in [0.05, 0.1) is 33.7 Å². The Balaban J connectivity index is 2.05. The summed E-state index contributed by atoms with van der Waals surface area (Å²) in [7, 11) is 5.82. The Morgan fingerprint density at radius 3 is 2.04 bits per heavy atom. The number of carbonyl (C=O) groups excluding carboxylic acids is 2. The average Bonchev–Trinajstić information content (AvgIpc) is 2.59. The second-order valence-corrected chi connectivity index (χ2v) is 7.41. The molecule has 5 nitrogen and oxygen atoms in total. The SMILES string of the molecule is C[N+](C)(C)C[C@@H](CC(=O)[O-])NC(=O)c1ccc(C#Cc2ccccc2)cc1. The third kappa shape index (κ3) is 7.35.